The van der Waals surface area contributed by atoms with Gasteiger partial charge in [0.05, 0.1) is 13.2 Å². The van der Waals surface area contributed by atoms with Gasteiger partial charge in [0.1, 0.15) is 0 Å². The number of pyridine rings is 1. The molecule has 0 amide bonds. The number of nitrogens with zero attached hydrogens (tertiary/aromatic N) is 2. The summed E-state index contributed by atoms with van der Waals surface area (Å²) < 4.78 is 5.31. The summed E-state index contributed by atoms with van der Waals surface area (Å²) in [6, 6.07) is 6.11. The van der Waals surface area contributed by atoms with Crippen LogP contribution in [-0.4, -0.2) is 42.7 Å². The normalized spacial score (nSPS) is 17.9. The molecule has 3 nitrogen and oxygen atoms in total. The fraction of sp³-hybridized carbons (Fsp3) is 0.583. The highest BCUT2D eigenvalue weighted by Crippen LogP contribution is 2.02. The molecule has 0 radical (unpaired) electrons. The highest BCUT2D eigenvalue weighted by atomic mass is 16.5. The van der Waals surface area contributed by atoms with Gasteiger partial charge in [-0.1, -0.05) is 6.07 Å². The third-order valence-corrected chi connectivity index (χ3v) is 2.74. The second-order valence-corrected chi connectivity index (χ2v) is 3.88. The minimum absolute atomic E-state index is 0.892. The topological polar surface area (TPSA) is 25.4 Å². The minimum atomic E-state index is 0.892. The first-order chi connectivity index (χ1) is 7.45. The van der Waals surface area contributed by atoms with Crippen LogP contribution in [-0.2, 0) is 11.2 Å². The lowest BCUT2D eigenvalue weighted by Gasteiger charge is -2.26. The summed E-state index contributed by atoms with van der Waals surface area (Å²) in [6.07, 6.45) is 4.14. The molecule has 1 aromatic heterocycles. The van der Waals surface area contributed by atoms with Crippen LogP contribution >= 0.6 is 0 Å². The second kappa shape index (κ2) is 5.83. The Hall–Kier alpha value is -0.930. The van der Waals surface area contributed by atoms with Crippen LogP contribution in [0.2, 0.25) is 0 Å². The third kappa shape index (κ3) is 3.61. The van der Waals surface area contributed by atoms with Crippen LogP contribution in [0.3, 0.4) is 0 Å². The van der Waals surface area contributed by atoms with Crippen molar-refractivity contribution in [1.29, 1.82) is 0 Å². The Morgan fingerprint density at radius 3 is 2.87 bits per heavy atom. The fourth-order valence-corrected chi connectivity index (χ4v) is 1.85. The van der Waals surface area contributed by atoms with E-state index in [0.29, 0.717) is 0 Å². The minimum Gasteiger partial charge on any atom is -0.379 e. The number of aromatic nitrogens is 1. The molecule has 1 aromatic rings. The molecule has 0 N–H and O–H groups in total. The Labute approximate surface area is 91.1 Å². The number of hydrogen-bond acceptors (Lipinski definition) is 3. The maximum absolute atomic E-state index is 5.31. The van der Waals surface area contributed by atoms with Crippen LogP contribution in [0.4, 0.5) is 0 Å². The molecule has 0 bridgehead atoms. The van der Waals surface area contributed by atoms with Crippen LogP contribution in [0, 0.1) is 0 Å². The molecular weight excluding hydrogens is 188 g/mol. The van der Waals surface area contributed by atoms with Crippen molar-refractivity contribution in [2.45, 2.75) is 12.8 Å². The maximum Gasteiger partial charge on any atom is 0.0594 e. The molecule has 15 heavy (non-hydrogen) atoms. The Bertz CT molecular complexity index is 270. The summed E-state index contributed by atoms with van der Waals surface area (Å²) in [7, 11) is 0. The van der Waals surface area contributed by atoms with Gasteiger partial charge in [0, 0.05) is 25.0 Å². The quantitative estimate of drug-likeness (QED) is 0.743. The number of morpholine rings is 1. The maximum atomic E-state index is 5.31. The zero-order valence-corrected chi connectivity index (χ0v) is 9.06. The molecule has 0 aromatic carbocycles. The Morgan fingerprint density at radius 2 is 2.13 bits per heavy atom. The lowest BCUT2D eigenvalue weighted by atomic mass is 10.2. The van der Waals surface area contributed by atoms with Crippen molar-refractivity contribution in [1.82, 2.24) is 9.88 Å². The summed E-state index contributed by atoms with van der Waals surface area (Å²) in [5, 5.41) is 0. The van der Waals surface area contributed by atoms with Crippen molar-refractivity contribution in [2.24, 2.45) is 0 Å². The number of ether oxygens (including phenoxy) is 1. The van der Waals surface area contributed by atoms with Crippen LogP contribution in [0.5, 0.6) is 0 Å². The average molecular weight is 206 g/mol. The molecule has 3 heteroatoms. The second-order valence-electron chi connectivity index (χ2n) is 3.88. The number of hydrogen-bond donors (Lipinski definition) is 0. The molecule has 0 spiro atoms. The van der Waals surface area contributed by atoms with Gasteiger partial charge >= 0.3 is 0 Å². The van der Waals surface area contributed by atoms with E-state index in [9.17, 15) is 0 Å². The molecule has 1 aliphatic rings. The van der Waals surface area contributed by atoms with Gasteiger partial charge in [-0.3, -0.25) is 9.88 Å². The van der Waals surface area contributed by atoms with Crippen LogP contribution < -0.4 is 0 Å². The molecule has 1 saturated heterocycles. The van der Waals surface area contributed by atoms with E-state index >= 15 is 0 Å². The summed E-state index contributed by atoms with van der Waals surface area (Å²) in [6.45, 7) is 5.12. The Balaban J connectivity index is 1.66. The van der Waals surface area contributed by atoms with Crippen molar-refractivity contribution < 1.29 is 4.74 Å². The van der Waals surface area contributed by atoms with E-state index < -0.39 is 0 Å². The van der Waals surface area contributed by atoms with Crippen molar-refractivity contribution >= 4 is 0 Å². The van der Waals surface area contributed by atoms with Gasteiger partial charge in [0.2, 0.25) is 0 Å². The van der Waals surface area contributed by atoms with Crippen LogP contribution in [0.15, 0.2) is 24.4 Å². The lowest BCUT2D eigenvalue weighted by Crippen LogP contribution is -2.36. The molecule has 1 aliphatic heterocycles. The van der Waals surface area contributed by atoms with Crippen molar-refractivity contribution in [3.63, 3.8) is 0 Å². The molecule has 0 saturated carbocycles. The SMILES string of the molecule is c1ccc(CCCN2CCOCC2)nc1. The van der Waals surface area contributed by atoms with Gasteiger partial charge in [-0.15, -0.1) is 0 Å². The smallest absolute Gasteiger partial charge is 0.0594 e. The first-order valence-electron chi connectivity index (χ1n) is 5.65. The highest BCUT2D eigenvalue weighted by molar-refractivity contribution is 5.03. The number of aryl methyl sites for hydroxylation is 1. The van der Waals surface area contributed by atoms with E-state index in [4.69, 9.17) is 4.74 Å². The summed E-state index contributed by atoms with van der Waals surface area (Å²) in [5.74, 6) is 0. The van der Waals surface area contributed by atoms with Gasteiger partial charge in [0.15, 0.2) is 0 Å². The Morgan fingerprint density at radius 1 is 1.27 bits per heavy atom. The summed E-state index contributed by atoms with van der Waals surface area (Å²) in [4.78, 5) is 6.78. The van der Waals surface area contributed by atoms with E-state index in [1.165, 1.54) is 18.7 Å². The molecule has 2 heterocycles. The van der Waals surface area contributed by atoms with E-state index in [-0.39, 0.29) is 0 Å². The van der Waals surface area contributed by atoms with E-state index in [0.717, 1.165) is 32.7 Å². The molecule has 0 atom stereocenters. The molecular formula is C12H18N2O. The third-order valence-electron chi connectivity index (χ3n) is 2.74. The lowest BCUT2D eigenvalue weighted by molar-refractivity contribution is 0.0374. The van der Waals surface area contributed by atoms with Gasteiger partial charge < -0.3 is 4.74 Å². The van der Waals surface area contributed by atoms with E-state index in [1.54, 1.807) is 0 Å². The fourth-order valence-electron chi connectivity index (χ4n) is 1.85. The van der Waals surface area contributed by atoms with Gasteiger partial charge in [0.25, 0.3) is 0 Å². The van der Waals surface area contributed by atoms with Gasteiger partial charge in [-0.05, 0) is 31.5 Å². The summed E-state index contributed by atoms with van der Waals surface area (Å²) >= 11 is 0. The number of rotatable bonds is 4. The zero-order valence-electron chi connectivity index (χ0n) is 9.06. The monoisotopic (exact) mass is 206 g/mol. The molecule has 1 fully saturated rings. The van der Waals surface area contributed by atoms with Gasteiger partial charge in [-0.25, -0.2) is 0 Å². The van der Waals surface area contributed by atoms with E-state index in [2.05, 4.69) is 22.0 Å². The molecule has 82 valence electrons. The predicted molar refractivity (Wildman–Crippen MR) is 59.8 cm³/mol. The molecule has 0 unspecified atom stereocenters. The van der Waals surface area contributed by atoms with Crippen molar-refractivity contribution in [3.8, 4) is 0 Å². The predicted octanol–water partition coefficient (Wildman–Crippen LogP) is 1.35. The van der Waals surface area contributed by atoms with E-state index in [1.807, 2.05) is 12.3 Å². The largest absolute Gasteiger partial charge is 0.379 e. The van der Waals surface area contributed by atoms with Crippen molar-refractivity contribution in [3.05, 3.63) is 30.1 Å². The average Bonchev–Trinajstić information content (AvgIpc) is 2.32. The standard InChI is InChI=1S/C12H18N2O/c1-2-6-13-12(4-1)5-3-7-14-8-10-15-11-9-14/h1-2,4,6H,3,5,7-11H2. The van der Waals surface area contributed by atoms with Crippen LogP contribution in [0.25, 0.3) is 0 Å². The first kappa shape index (κ1) is 10.6. The van der Waals surface area contributed by atoms with Crippen molar-refractivity contribution in [2.75, 3.05) is 32.8 Å². The molecule has 0 aliphatic carbocycles. The summed E-state index contributed by atoms with van der Waals surface area (Å²) in [5.41, 5.74) is 1.20. The first-order valence-corrected chi connectivity index (χ1v) is 5.65. The Kier molecular flexibility index (Phi) is 4.11. The van der Waals surface area contributed by atoms with Gasteiger partial charge in [-0.2, -0.15) is 0 Å². The zero-order chi connectivity index (χ0) is 10.3. The molecule has 2 rings (SSSR count). The highest BCUT2D eigenvalue weighted by Gasteiger charge is 2.09. The van der Waals surface area contributed by atoms with Crippen LogP contribution in [0.1, 0.15) is 12.1 Å².